The molecule has 0 unspecified atom stereocenters. The van der Waals surface area contributed by atoms with Crippen LogP contribution in [0.2, 0.25) is 0 Å². The van der Waals surface area contributed by atoms with Crippen LogP contribution in [0.1, 0.15) is 11.1 Å². The van der Waals surface area contributed by atoms with Gasteiger partial charge in [-0.2, -0.15) is 5.26 Å². The Labute approximate surface area is 189 Å². The number of pyridine rings is 1. The van der Waals surface area contributed by atoms with E-state index in [0.717, 1.165) is 49.9 Å². The van der Waals surface area contributed by atoms with E-state index in [0.29, 0.717) is 5.56 Å². The number of nitriles is 1. The molecule has 0 bridgehead atoms. The zero-order valence-corrected chi connectivity index (χ0v) is 19.5. The van der Waals surface area contributed by atoms with E-state index in [9.17, 15) is 5.26 Å². The van der Waals surface area contributed by atoms with E-state index in [1.165, 1.54) is 4.90 Å². The molecule has 3 nitrogen and oxygen atoms in total. The average molecular weight is 437 g/mol. The molecule has 158 valence electrons. The Kier molecular flexibility index (Phi) is 4.80. The van der Waals surface area contributed by atoms with Crippen LogP contribution in [0.4, 0.5) is 0 Å². The molecule has 0 fully saturated rings. The summed E-state index contributed by atoms with van der Waals surface area (Å²) in [5.74, 6) is 0. The molecule has 3 aromatic carbocycles. The summed E-state index contributed by atoms with van der Waals surface area (Å²) in [6.45, 7) is 2.08. The van der Waals surface area contributed by atoms with Gasteiger partial charge in [-0.3, -0.25) is 4.98 Å². The van der Waals surface area contributed by atoms with Crippen LogP contribution in [0.3, 0.4) is 0 Å². The second-order valence-electron chi connectivity index (χ2n) is 8.79. The third kappa shape index (κ3) is 3.26. The second kappa shape index (κ2) is 7.55. The molecule has 5 aromatic rings. The monoisotopic (exact) mass is 436 g/mol. The summed E-state index contributed by atoms with van der Waals surface area (Å²) >= 11 is 0. The van der Waals surface area contributed by atoms with Crippen molar-refractivity contribution >= 4 is 32.0 Å². The third-order valence-electron chi connectivity index (χ3n) is 5.91. The second-order valence-corrected chi connectivity index (χ2v) is 12.9. The van der Waals surface area contributed by atoms with Crippen LogP contribution in [-0.4, -0.2) is 23.8 Å². The average Bonchev–Trinajstić information content (AvgIpc) is 3.16. The highest BCUT2D eigenvalue weighted by molar-refractivity contribution is 8.32. The van der Waals surface area contributed by atoms with Crippen LogP contribution in [0.25, 0.3) is 44.3 Å². The summed E-state index contributed by atoms with van der Waals surface area (Å²) in [6, 6.07) is 25.0. The molecule has 0 radical (unpaired) electrons. The normalized spacial score (nSPS) is 12.2. The van der Waals surface area contributed by atoms with E-state index in [1.54, 1.807) is 6.20 Å². The van der Waals surface area contributed by atoms with E-state index >= 15 is 0 Å². The summed E-state index contributed by atoms with van der Waals surface area (Å²) in [5.41, 5.74) is 7.00. The maximum absolute atomic E-state index is 9.88. The lowest BCUT2D eigenvalue weighted by molar-refractivity contribution is 0.670. The minimum absolute atomic E-state index is 0.614. The van der Waals surface area contributed by atoms with Crippen molar-refractivity contribution < 1.29 is 4.42 Å². The van der Waals surface area contributed by atoms with Gasteiger partial charge >= 0.3 is 0 Å². The molecular weight excluding hydrogens is 412 g/mol. The predicted molar refractivity (Wildman–Crippen MR) is 135 cm³/mol. The minimum Gasteiger partial charge on any atom is -0.455 e. The number of hydrogen-bond donors (Lipinski definition) is 0. The lowest BCUT2D eigenvalue weighted by atomic mass is 9.96. The number of furan rings is 1. The van der Waals surface area contributed by atoms with Crippen molar-refractivity contribution in [3.8, 4) is 28.5 Å². The van der Waals surface area contributed by atoms with Crippen molar-refractivity contribution in [2.75, 3.05) is 18.8 Å². The predicted octanol–water partition coefficient (Wildman–Crippen LogP) is 7.55. The minimum atomic E-state index is -0.817. The summed E-state index contributed by atoms with van der Waals surface area (Å²) in [7, 11) is -0.817. The number of hydrogen-bond acceptors (Lipinski definition) is 3. The highest BCUT2D eigenvalue weighted by atomic mass is 32.3. The fraction of sp³-hybridized carbons (Fsp3) is 0.143. The third-order valence-corrected chi connectivity index (χ3v) is 7.60. The van der Waals surface area contributed by atoms with Gasteiger partial charge in [0.1, 0.15) is 11.2 Å². The van der Waals surface area contributed by atoms with Gasteiger partial charge in [0, 0.05) is 28.1 Å². The first-order chi connectivity index (χ1) is 15.4. The van der Waals surface area contributed by atoms with Gasteiger partial charge in [-0.15, -0.1) is 0 Å². The van der Waals surface area contributed by atoms with E-state index in [2.05, 4.69) is 73.1 Å². The summed E-state index contributed by atoms with van der Waals surface area (Å²) in [4.78, 5) is 5.90. The number of nitrogens with zero attached hydrogens (tertiary/aromatic N) is 2. The Morgan fingerprint density at radius 3 is 2.12 bits per heavy atom. The lowest BCUT2D eigenvalue weighted by Gasteiger charge is -2.25. The Morgan fingerprint density at radius 2 is 1.50 bits per heavy atom. The molecular formula is C28H24N2OS. The van der Waals surface area contributed by atoms with Crippen LogP contribution in [0.5, 0.6) is 0 Å². The quantitative estimate of drug-likeness (QED) is 0.293. The SMILES string of the molecule is Cc1ccc2c(oc3c(-c4ccc(S(C)(C)C)cc4)c(C#N)ccc32)c1-c1ccccn1. The van der Waals surface area contributed by atoms with E-state index in [4.69, 9.17) is 4.42 Å². The number of aryl methyl sites for hydroxylation is 1. The number of aromatic nitrogens is 1. The molecule has 0 amide bonds. The molecule has 0 N–H and O–H groups in total. The number of fused-ring (bicyclic) bond motifs is 3. The maximum Gasteiger partial charge on any atom is 0.145 e. The first-order valence-corrected chi connectivity index (χ1v) is 13.3. The standard InChI is InChI=1S/C28H24N2OS/c1-18-8-14-22-23-15-11-20(17-29)26(19-9-12-21(13-10-19)32(2,3)4)28(23)31-27(22)25(18)24-7-5-6-16-30-24/h5-16H,1-4H3. The first-order valence-electron chi connectivity index (χ1n) is 10.5. The Hall–Kier alpha value is -3.55. The molecule has 2 heterocycles. The van der Waals surface area contributed by atoms with Gasteiger partial charge in [0.25, 0.3) is 0 Å². The van der Waals surface area contributed by atoms with Crippen molar-refractivity contribution in [3.63, 3.8) is 0 Å². The Morgan fingerprint density at radius 1 is 0.812 bits per heavy atom. The summed E-state index contributed by atoms with van der Waals surface area (Å²) in [5, 5.41) is 11.9. The van der Waals surface area contributed by atoms with Crippen molar-refractivity contribution in [2.45, 2.75) is 11.8 Å². The fourth-order valence-electron chi connectivity index (χ4n) is 4.24. The van der Waals surface area contributed by atoms with Gasteiger partial charge in [-0.1, -0.05) is 30.3 Å². The van der Waals surface area contributed by atoms with Gasteiger partial charge in [0.05, 0.1) is 17.3 Å². The molecule has 0 spiro atoms. The molecule has 0 saturated carbocycles. The molecule has 0 aliphatic carbocycles. The summed E-state index contributed by atoms with van der Waals surface area (Å²) in [6.07, 6.45) is 8.65. The van der Waals surface area contributed by atoms with Gasteiger partial charge in [-0.05, 0) is 78.1 Å². The summed E-state index contributed by atoms with van der Waals surface area (Å²) < 4.78 is 6.56. The van der Waals surface area contributed by atoms with E-state index in [-0.39, 0.29) is 0 Å². The van der Waals surface area contributed by atoms with Gasteiger partial charge in [-0.25, -0.2) is 10.0 Å². The van der Waals surface area contributed by atoms with Gasteiger partial charge < -0.3 is 4.42 Å². The highest BCUT2D eigenvalue weighted by Gasteiger charge is 2.20. The lowest BCUT2D eigenvalue weighted by Crippen LogP contribution is -1.93. The van der Waals surface area contributed by atoms with Crippen molar-refractivity contribution in [1.29, 1.82) is 5.26 Å². The smallest absolute Gasteiger partial charge is 0.145 e. The van der Waals surface area contributed by atoms with Crippen molar-refractivity contribution in [1.82, 2.24) is 4.98 Å². The van der Waals surface area contributed by atoms with Crippen LogP contribution in [-0.2, 0) is 0 Å². The van der Waals surface area contributed by atoms with Crippen LogP contribution < -0.4 is 0 Å². The van der Waals surface area contributed by atoms with Crippen LogP contribution in [0.15, 0.2) is 82.2 Å². The molecule has 5 rings (SSSR count). The zero-order chi connectivity index (χ0) is 22.5. The Balaban J connectivity index is 1.83. The number of benzene rings is 3. The molecule has 32 heavy (non-hydrogen) atoms. The van der Waals surface area contributed by atoms with E-state index < -0.39 is 10.0 Å². The maximum atomic E-state index is 9.88. The van der Waals surface area contributed by atoms with E-state index in [1.807, 2.05) is 30.3 Å². The largest absolute Gasteiger partial charge is 0.455 e. The molecule has 0 saturated heterocycles. The molecule has 0 atom stereocenters. The van der Waals surface area contributed by atoms with Crippen LogP contribution in [0, 0.1) is 18.3 Å². The highest BCUT2D eigenvalue weighted by Crippen LogP contribution is 2.46. The molecule has 0 aliphatic heterocycles. The van der Waals surface area contributed by atoms with Crippen LogP contribution >= 0.6 is 10.0 Å². The van der Waals surface area contributed by atoms with Gasteiger partial charge in [0.15, 0.2) is 0 Å². The topological polar surface area (TPSA) is 49.8 Å². The van der Waals surface area contributed by atoms with Crippen molar-refractivity contribution in [3.05, 3.63) is 84.1 Å². The first kappa shape index (κ1) is 20.4. The van der Waals surface area contributed by atoms with Gasteiger partial charge in [0.2, 0.25) is 0 Å². The fourth-order valence-corrected chi connectivity index (χ4v) is 5.19. The molecule has 0 aliphatic rings. The molecule has 2 aromatic heterocycles. The number of rotatable bonds is 3. The molecule has 4 heteroatoms. The van der Waals surface area contributed by atoms with Crippen molar-refractivity contribution in [2.24, 2.45) is 0 Å². The Bertz CT molecular complexity index is 1500. The zero-order valence-electron chi connectivity index (χ0n) is 18.6.